The number of nitrogens with one attached hydrogen (secondary N) is 1. The van der Waals surface area contributed by atoms with Crippen LogP contribution in [0.1, 0.15) is 53.9 Å². The van der Waals surface area contributed by atoms with E-state index in [4.69, 9.17) is 0 Å². The van der Waals surface area contributed by atoms with Gasteiger partial charge in [-0.05, 0) is 44.8 Å². The van der Waals surface area contributed by atoms with Gasteiger partial charge in [0.15, 0.2) is 0 Å². The second kappa shape index (κ2) is 8.35. The second-order valence-corrected chi connectivity index (χ2v) is 7.32. The van der Waals surface area contributed by atoms with Crippen molar-refractivity contribution in [1.29, 1.82) is 0 Å². The van der Waals surface area contributed by atoms with Gasteiger partial charge < -0.3 is 10.2 Å². The summed E-state index contributed by atoms with van der Waals surface area (Å²) in [6.45, 7) is 17.5. The molecule has 2 unspecified atom stereocenters. The minimum Gasteiger partial charge on any atom is -0.314 e. The van der Waals surface area contributed by atoms with E-state index in [9.17, 15) is 0 Å². The first-order valence-electron chi connectivity index (χ1n) is 8.56. The van der Waals surface area contributed by atoms with Crippen molar-refractivity contribution in [1.82, 2.24) is 15.1 Å². The summed E-state index contributed by atoms with van der Waals surface area (Å²) >= 11 is 0. The number of rotatable bonds is 9. The van der Waals surface area contributed by atoms with E-state index in [1.165, 1.54) is 45.4 Å². The van der Waals surface area contributed by atoms with E-state index in [1.807, 2.05) is 0 Å². The number of likely N-dealkylation sites (N-methyl/N-ethyl adjacent to an activating group) is 2. The molecule has 0 aromatic rings. The van der Waals surface area contributed by atoms with Crippen molar-refractivity contribution >= 4 is 0 Å². The molecule has 0 aliphatic carbocycles. The van der Waals surface area contributed by atoms with Crippen molar-refractivity contribution in [2.24, 2.45) is 5.41 Å². The van der Waals surface area contributed by atoms with E-state index in [0.717, 1.165) is 12.6 Å². The average molecular weight is 284 g/mol. The molecule has 1 fully saturated rings. The smallest absolute Gasteiger partial charge is 0.0223 e. The SMILES string of the molecule is CCN1CCCC1CN(C)CC(C)(CC)CNC(C)C. The summed E-state index contributed by atoms with van der Waals surface area (Å²) in [6.07, 6.45) is 4.00. The Labute approximate surface area is 127 Å². The number of likely N-dealkylation sites (tertiary alicyclic amines) is 1. The topological polar surface area (TPSA) is 18.5 Å². The van der Waals surface area contributed by atoms with Crippen molar-refractivity contribution in [2.45, 2.75) is 66.0 Å². The lowest BCUT2D eigenvalue weighted by Crippen LogP contribution is -2.46. The van der Waals surface area contributed by atoms with Gasteiger partial charge in [-0.3, -0.25) is 4.90 Å². The fourth-order valence-corrected chi connectivity index (χ4v) is 3.34. The third kappa shape index (κ3) is 5.71. The molecule has 0 radical (unpaired) electrons. The number of nitrogens with zero attached hydrogens (tertiary/aromatic N) is 2. The van der Waals surface area contributed by atoms with Crippen LogP contribution >= 0.6 is 0 Å². The van der Waals surface area contributed by atoms with E-state index < -0.39 is 0 Å². The van der Waals surface area contributed by atoms with Crippen LogP contribution in [0.25, 0.3) is 0 Å². The minimum atomic E-state index is 0.384. The van der Waals surface area contributed by atoms with Crippen molar-refractivity contribution in [3.8, 4) is 0 Å². The second-order valence-electron chi connectivity index (χ2n) is 7.32. The fourth-order valence-electron chi connectivity index (χ4n) is 3.34. The first kappa shape index (κ1) is 17.9. The Morgan fingerprint density at radius 3 is 2.60 bits per heavy atom. The van der Waals surface area contributed by atoms with E-state index >= 15 is 0 Å². The Bertz CT molecular complexity index is 267. The fraction of sp³-hybridized carbons (Fsp3) is 1.00. The maximum atomic E-state index is 3.62. The summed E-state index contributed by atoms with van der Waals surface area (Å²) in [5.74, 6) is 0. The molecule has 0 aromatic carbocycles. The lowest BCUT2D eigenvalue weighted by Gasteiger charge is -2.36. The maximum Gasteiger partial charge on any atom is 0.0223 e. The summed E-state index contributed by atoms with van der Waals surface area (Å²) in [6, 6.07) is 1.36. The van der Waals surface area contributed by atoms with Crippen LogP contribution in [0.15, 0.2) is 0 Å². The Balaban J connectivity index is 2.43. The van der Waals surface area contributed by atoms with E-state index in [1.54, 1.807) is 0 Å². The normalized spacial score (nSPS) is 23.7. The van der Waals surface area contributed by atoms with Gasteiger partial charge >= 0.3 is 0 Å². The zero-order valence-corrected chi connectivity index (χ0v) is 14.7. The molecule has 3 nitrogen and oxygen atoms in total. The van der Waals surface area contributed by atoms with E-state index in [0.29, 0.717) is 11.5 Å². The van der Waals surface area contributed by atoms with E-state index in [-0.39, 0.29) is 0 Å². The van der Waals surface area contributed by atoms with Crippen LogP contribution in [0, 0.1) is 5.41 Å². The highest BCUT2D eigenvalue weighted by Crippen LogP contribution is 2.23. The van der Waals surface area contributed by atoms with Crippen LogP contribution in [-0.4, -0.2) is 61.7 Å². The van der Waals surface area contributed by atoms with Crippen molar-refractivity contribution in [3.63, 3.8) is 0 Å². The maximum absolute atomic E-state index is 3.62. The Hall–Kier alpha value is -0.120. The third-order valence-electron chi connectivity index (χ3n) is 4.87. The van der Waals surface area contributed by atoms with Gasteiger partial charge in [-0.1, -0.05) is 34.6 Å². The van der Waals surface area contributed by atoms with Crippen LogP contribution in [0.4, 0.5) is 0 Å². The number of hydrogen-bond acceptors (Lipinski definition) is 3. The molecule has 20 heavy (non-hydrogen) atoms. The number of hydrogen-bond donors (Lipinski definition) is 1. The Morgan fingerprint density at radius 1 is 1.35 bits per heavy atom. The molecule has 1 saturated heterocycles. The lowest BCUT2D eigenvalue weighted by atomic mass is 9.86. The van der Waals surface area contributed by atoms with Gasteiger partial charge in [0, 0.05) is 31.7 Å². The van der Waals surface area contributed by atoms with Crippen molar-refractivity contribution < 1.29 is 0 Å². The highest BCUT2D eigenvalue weighted by molar-refractivity contribution is 4.84. The molecule has 1 aliphatic heterocycles. The van der Waals surface area contributed by atoms with Crippen LogP contribution in [0.2, 0.25) is 0 Å². The van der Waals surface area contributed by atoms with Crippen molar-refractivity contribution in [3.05, 3.63) is 0 Å². The van der Waals surface area contributed by atoms with Gasteiger partial charge in [0.05, 0.1) is 0 Å². The summed E-state index contributed by atoms with van der Waals surface area (Å²) in [7, 11) is 2.30. The molecule has 2 atom stereocenters. The molecule has 1 aliphatic rings. The molecule has 0 amide bonds. The van der Waals surface area contributed by atoms with Crippen LogP contribution < -0.4 is 5.32 Å². The molecule has 120 valence electrons. The first-order valence-corrected chi connectivity index (χ1v) is 8.56. The van der Waals surface area contributed by atoms with Gasteiger partial charge in [-0.2, -0.15) is 0 Å². The molecule has 0 bridgehead atoms. The van der Waals surface area contributed by atoms with Gasteiger partial charge in [0.1, 0.15) is 0 Å². The molecular weight excluding hydrogens is 246 g/mol. The molecule has 1 N–H and O–H groups in total. The molecule has 0 saturated carbocycles. The van der Waals surface area contributed by atoms with Gasteiger partial charge in [-0.25, -0.2) is 0 Å². The lowest BCUT2D eigenvalue weighted by molar-refractivity contribution is 0.139. The van der Waals surface area contributed by atoms with Gasteiger partial charge in [0.2, 0.25) is 0 Å². The molecule has 1 heterocycles. The highest BCUT2D eigenvalue weighted by Gasteiger charge is 2.28. The van der Waals surface area contributed by atoms with E-state index in [2.05, 4.69) is 56.8 Å². The highest BCUT2D eigenvalue weighted by atomic mass is 15.2. The molecular formula is C17H37N3. The van der Waals surface area contributed by atoms with Crippen LogP contribution in [0.3, 0.4) is 0 Å². The quantitative estimate of drug-likeness (QED) is 0.702. The van der Waals surface area contributed by atoms with Crippen LogP contribution in [0.5, 0.6) is 0 Å². The summed E-state index contributed by atoms with van der Waals surface area (Å²) in [5.41, 5.74) is 0.384. The summed E-state index contributed by atoms with van der Waals surface area (Å²) in [4.78, 5) is 5.20. The van der Waals surface area contributed by atoms with Gasteiger partial charge in [0.25, 0.3) is 0 Å². The molecule has 0 aromatic heterocycles. The minimum absolute atomic E-state index is 0.384. The zero-order chi connectivity index (χ0) is 15.2. The van der Waals surface area contributed by atoms with Gasteiger partial charge in [-0.15, -0.1) is 0 Å². The van der Waals surface area contributed by atoms with Crippen molar-refractivity contribution in [2.75, 3.05) is 39.8 Å². The largest absolute Gasteiger partial charge is 0.314 e. The average Bonchev–Trinajstić information content (AvgIpc) is 2.83. The third-order valence-corrected chi connectivity index (χ3v) is 4.87. The monoisotopic (exact) mass is 283 g/mol. The molecule has 3 heteroatoms. The van der Waals surface area contributed by atoms with Crippen LogP contribution in [-0.2, 0) is 0 Å². The molecule has 0 spiro atoms. The zero-order valence-electron chi connectivity index (χ0n) is 14.7. The molecule has 1 rings (SSSR count). The standard InChI is InChI=1S/C17H37N3/c1-7-17(5,13-18-15(3)4)14-19(6)12-16-10-9-11-20(16)8-2/h15-16,18H,7-14H2,1-6H3. The Morgan fingerprint density at radius 2 is 2.05 bits per heavy atom. The summed E-state index contributed by atoms with van der Waals surface area (Å²) < 4.78 is 0. The summed E-state index contributed by atoms with van der Waals surface area (Å²) in [5, 5.41) is 3.62. The predicted molar refractivity (Wildman–Crippen MR) is 89.3 cm³/mol. The first-order chi connectivity index (χ1) is 9.40. The Kier molecular flexibility index (Phi) is 7.49. The predicted octanol–water partition coefficient (Wildman–Crippen LogP) is 2.82.